The Morgan fingerprint density at radius 3 is 3.00 bits per heavy atom. The van der Waals surface area contributed by atoms with Gasteiger partial charge in [-0.1, -0.05) is 35.7 Å². The Kier molecular flexibility index (Phi) is 3.17. The summed E-state index contributed by atoms with van der Waals surface area (Å²) in [6.45, 7) is 0.296. The molecule has 0 saturated heterocycles. The fraction of sp³-hybridized carbons (Fsp3) is 0.308. The van der Waals surface area contributed by atoms with Gasteiger partial charge in [-0.25, -0.2) is 0 Å². The maximum absolute atomic E-state index is 11.6. The van der Waals surface area contributed by atoms with Crippen LogP contribution in [0.4, 0.5) is 0 Å². The monoisotopic (exact) mass is 233 g/mol. The lowest BCUT2D eigenvalue weighted by Crippen LogP contribution is -2.25. The maximum atomic E-state index is 11.6. The molecule has 0 aliphatic heterocycles. The van der Waals surface area contributed by atoms with Crippen LogP contribution in [-0.2, 0) is 4.79 Å². The predicted octanol–water partition coefficient (Wildman–Crippen LogP) is 2.19. The third-order valence-electron chi connectivity index (χ3n) is 2.80. The maximum Gasteiger partial charge on any atom is 0.224 e. The van der Waals surface area contributed by atoms with Crippen LogP contribution in [0.2, 0.25) is 5.02 Å². The van der Waals surface area contributed by atoms with E-state index in [1.54, 1.807) is 0 Å². The van der Waals surface area contributed by atoms with Crippen molar-refractivity contribution in [2.75, 3.05) is 6.54 Å². The van der Waals surface area contributed by atoms with Gasteiger partial charge < -0.3 is 5.32 Å². The Hall–Kier alpha value is -1.46. The molecular formula is C13H12ClNO. The van der Waals surface area contributed by atoms with E-state index in [1.165, 1.54) is 0 Å². The van der Waals surface area contributed by atoms with Gasteiger partial charge in [-0.3, -0.25) is 4.79 Å². The van der Waals surface area contributed by atoms with E-state index < -0.39 is 0 Å². The molecule has 0 radical (unpaired) electrons. The Bertz CT molecular complexity index is 449. The largest absolute Gasteiger partial charge is 0.345 e. The Morgan fingerprint density at radius 2 is 2.31 bits per heavy atom. The fourth-order valence-corrected chi connectivity index (χ4v) is 2.15. The van der Waals surface area contributed by atoms with E-state index in [0.717, 1.165) is 17.0 Å². The SMILES string of the molecule is C#CCNC(=O)[C@H]1C[C@@H]1c1ccccc1Cl. The summed E-state index contributed by atoms with van der Waals surface area (Å²) >= 11 is 6.07. The zero-order valence-corrected chi connectivity index (χ0v) is 9.50. The number of carbonyl (C=O) groups is 1. The summed E-state index contributed by atoms with van der Waals surface area (Å²) in [5, 5.41) is 3.43. The number of carbonyl (C=O) groups excluding carboxylic acids is 1. The molecule has 1 aromatic carbocycles. The van der Waals surface area contributed by atoms with Crippen LogP contribution in [0.15, 0.2) is 24.3 Å². The van der Waals surface area contributed by atoms with Crippen molar-refractivity contribution >= 4 is 17.5 Å². The molecule has 0 bridgehead atoms. The fourth-order valence-electron chi connectivity index (χ4n) is 1.87. The first-order valence-corrected chi connectivity index (χ1v) is 5.57. The molecule has 0 spiro atoms. The molecule has 16 heavy (non-hydrogen) atoms. The molecule has 3 heteroatoms. The minimum atomic E-state index is 0.0304. The molecule has 1 amide bonds. The highest BCUT2D eigenvalue weighted by Gasteiger charge is 2.44. The summed E-state index contributed by atoms with van der Waals surface area (Å²) in [5.41, 5.74) is 1.06. The molecule has 0 unspecified atom stereocenters. The lowest BCUT2D eigenvalue weighted by Gasteiger charge is -2.03. The minimum Gasteiger partial charge on any atom is -0.345 e. The van der Waals surface area contributed by atoms with Gasteiger partial charge in [0.2, 0.25) is 5.91 Å². The molecule has 1 saturated carbocycles. The quantitative estimate of drug-likeness (QED) is 0.797. The molecule has 1 aliphatic rings. The molecule has 1 fully saturated rings. The molecule has 2 atom stereocenters. The number of rotatable bonds is 3. The lowest BCUT2D eigenvalue weighted by atomic mass is 10.1. The van der Waals surface area contributed by atoms with E-state index in [1.807, 2.05) is 24.3 Å². The van der Waals surface area contributed by atoms with Gasteiger partial charge in [0.05, 0.1) is 6.54 Å². The average molecular weight is 234 g/mol. The zero-order valence-electron chi connectivity index (χ0n) is 8.74. The van der Waals surface area contributed by atoms with Gasteiger partial charge in [0.25, 0.3) is 0 Å². The average Bonchev–Trinajstić information content (AvgIpc) is 3.06. The Labute approximate surface area is 100.0 Å². The predicted molar refractivity (Wildman–Crippen MR) is 64.1 cm³/mol. The summed E-state index contributed by atoms with van der Waals surface area (Å²) in [6.07, 6.45) is 5.94. The first kappa shape index (κ1) is 11.0. The lowest BCUT2D eigenvalue weighted by molar-refractivity contribution is -0.122. The highest BCUT2D eigenvalue weighted by molar-refractivity contribution is 6.31. The topological polar surface area (TPSA) is 29.1 Å². The van der Waals surface area contributed by atoms with Crippen molar-refractivity contribution in [2.45, 2.75) is 12.3 Å². The highest BCUT2D eigenvalue weighted by Crippen LogP contribution is 2.49. The molecular weight excluding hydrogens is 222 g/mol. The second kappa shape index (κ2) is 4.59. The van der Waals surface area contributed by atoms with Crippen LogP contribution in [0.5, 0.6) is 0 Å². The van der Waals surface area contributed by atoms with Crippen LogP contribution in [0, 0.1) is 18.3 Å². The molecule has 1 aliphatic carbocycles. The summed E-state index contributed by atoms with van der Waals surface area (Å²) < 4.78 is 0. The van der Waals surface area contributed by atoms with Crippen LogP contribution in [0.1, 0.15) is 17.9 Å². The molecule has 82 valence electrons. The van der Waals surface area contributed by atoms with Crippen molar-refractivity contribution in [3.05, 3.63) is 34.9 Å². The number of terminal acetylenes is 1. The van der Waals surface area contributed by atoms with E-state index in [2.05, 4.69) is 11.2 Å². The third-order valence-corrected chi connectivity index (χ3v) is 3.14. The van der Waals surface area contributed by atoms with Crippen LogP contribution < -0.4 is 5.32 Å². The molecule has 2 rings (SSSR count). The summed E-state index contributed by atoms with van der Waals surface area (Å²) in [4.78, 5) is 11.6. The van der Waals surface area contributed by atoms with Crippen molar-refractivity contribution in [3.63, 3.8) is 0 Å². The molecule has 1 N–H and O–H groups in total. The van der Waals surface area contributed by atoms with Gasteiger partial charge in [0.1, 0.15) is 0 Å². The molecule has 0 aromatic heterocycles. The van der Waals surface area contributed by atoms with Crippen molar-refractivity contribution in [3.8, 4) is 12.3 Å². The van der Waals surface area contributed by atoms with Crippen molar-refractivity contribution < 1.29 is 4.79 Å². The minimum absolute atomic E-state index is 0.0304. The van der Waals surface area contributed by atoms with Crippen molar-refractivity contribution in [1.29, 1.82) is 0 Å². The van der Waals surface area contributed by atoms with Gasteiger partial charge in [-0.2, -0.15) is 0 Å². The third kappa shape index (κ3) is 2.20. The number of nitrogens with one attached hydrogen (secondary N) is 1. The van der Waals surface area contributed by atoms with Crippen LogP contribution in [0.25, 0.3) is 0 Å². The number of benzene rings is 1. The molecule has 2 nitrogen and oxygen atoms in total. The highest BCUT2D eigenvalue weighted by atomic mass is 35.5. The van der Waals surface area contributed by atoms with Crippen LogP contribution in [0.3, 0.4) is 0 Å². The summed E-state index contributed by atoms with van der Waals surface area (Å²) in [7, 11) is 0. The number of hydrogen-bond donors (Lipinski definition) is 1. The normalized spacial score (nSPS) is 22.2. The van der Waals surface area contributed by atoms with E-state index in [4.69, 9.17) is 18.0 Å². The second-order valence-corrected chi connectivity index (χ2v) is 4.30. The Balaban J connectivity index is 1.99. The standard InChI is InChI=1S/C13H12ClNO/c1-2-7-15-13(16)11-8-10(11)9-5-3-4-6-12(9)14/h1,3-6,10-11H,7-8H2,(H,15,16)/t10-,11+/m1/s1. The molecule has 0 heterocycles. The number of hydrogen-bond acceptors (Lipinski definition) is 1. The van der Waals surface area contributed by atoms with Gasteiger partial charge in [-0.15, -0.1) is 6.42 Å². The number of amides is 1. The Morgan fingerprint density at radius 1 is 1.56 bits per heavy atom. The van der Waals surface area contributed by atoms with E-state index in [-0.39, 0.29) is 17.7 Å². The number of halogens is 1. The zero-order chi connectivity index (χ0) is 11.5. The van der Waals surface area contributed by atoms with Crippen LogP contribution in [-0.4, -0.2) is 12.5 Å². The van der Waals surface area contributed by atoms with E-state index in [9.17, 15) is 4.79 Å². The van der Waals surface area contributed by atoms with Crippen molar-refractivity contribution in [2.24, 2.45) is 5.92 Å². The molecule has 1 aromatic rings. The summed E-state index contributed by atoms with van der Waals surface area (Å²) in [5.74, 6) is 2.71. The first-order chi connectivity index (χ1) is 7.74. The second-order valence-electron chi connectivity index (χ2n) is 3.89. The van der Waals surface area contributed by atoms with Crippen molar-refractivity contribution in [1.82, 2.24) is 5.32 Å². The van der Waals surface area contributed by atoms with Gasteiger partial charge in [0, 0.05) is 10.9 Å². The van der Waals surface area contributed by atoms with E-state index in [0.29, 0.717) is 6.54 Å². The van der Waals surface area contributed by atoms with Gasteiger partial charge in [0.15, 0.2) is 0 Å². The van der Waals surface area contributed by atoms with Gasteiger partial charge >= 0.3 is 0 Å². The van der Waals surface area contributed by atoms with Gasteiger partial charge in [-0.05, 0) is 24.0 Å². The van der Waals surface area contributed by atoms with E-state index >= 15 is 0 Å². The summed E-state index contributed by atoms with van der Waals surface area (Å²) in [6, 6.07) is 7.66. The first-order valence-electron chi connectivity index (χ1n) is 5.19. The van der Waals surface area contributed by atoms with Crippen LogP contribution >= 0.6 is 11.6 Å². The smallest absolute Gasteiger partial charge is 0.224 e.